The van der Waals surface area contributed by atoms with Crippen LogP contribution in [-0.2, 0) is 4.79 Å². The van der Waals surface area contributed by atoms with Gasteiger partial charge < -0.3 is 9.80 Å². The van der Waals surface area contributed by atoms with Crippen LogP contribution in [0.3, 0.4) is 0 Å². The summed E-state index contributed by atoms with van der Waals surface area (Å²) in [6, 6.07) is 9.95. The summed E-state index contributed by atoms with van der Waals surface area (Å²) >= 11 is 0. The van der Waals surface area contributed by atoms with Crippen molar-refractivity contribution in [3.05, 3.63) is 29.8 Å². The lowest BCUT2D eigenvalue weighted by atomic mass is 9.69. The summed E-state index contributed by atoms with van der Waals surface area (Å²) in [4.78, 5) is 17.5. The zero-order valence-electron chi connectivity index (χ0n) is 17.1. The van der Waals surface area contributed by atoms with E-state index in [1.165, 1.54) is 12.8 Å². The van der Waals surface area contributed by atoms with Crippen molar-refractivity contribution in [3.8, 4) is 6.07 Å². The van der Waals surface area contributed by atoms with Gasteiger partial charge >= 0.3 is 0 Å². The van der Waals surface area contributed by atoms with E-state index < -0.39 is 0 Å². The summed E-state index contributed by atoms with van der Waals surface area (Å²) in [7, 11) is 0. The van der Waals surface area contributed by atoms with E-state index in [2.05, 4.69) is 36.6 Å². The molecule has 146 valence electrons. The molecule has 0 atom stereocenters. The second-order valence-electron chi connectivity index (χ2n) is 9.24. The number of amides is 1. The maximum absolute atomic E-state index is 13.1. The highest BCUT2D eigenvalue weighted by Crippen LogP contribution is 2.40. The van der Waals surface area contributed by atoms with Gasteiger partial charge in [0.2, 0.25) is 5.91 Å². The third-order valence-corrected chi connectivity index (χ3v) is 6.47. The van der Waals surface area contributed by atoms with Crippen molar-refractivity contribution in [1.29, 1.82) is 5.26 Å². The van der Waals surface area contributed by atoms with Gasteiger partial charge in [0.15, 0.2) is 0 Å². The Morgan fingerprint density at radius 1 is 1.00 bits per heavy atom. The van der Waals surface area contributed by atoms with Gasteiger partial charge in [-0.3, -0.25) is 4.79 Å². The Hall–Kier alpha value is -2.02. The fourth-order valence-electron chi connectivity index (χ4n) is 4.61. The molecule has 3 rings (SSSR count). The Kier molecular flexibility index (Phi) is 6.09. The third kappa shape index (κ3) is 4.83. The standard InChI is InChI=1S/C23H33N3O/c1-23(2,3)20-9-7-19(8-10-20)22(27)26-14-4-13-25(15-16-26)21-11-5-18(17-24)6-12-21/h5-6,11-12,19-20H,4,7-10,13-16H2,1-3H3. The maximum atomic E-state index is 13.1. The van der Waals surface area contributed by atoms with Crippen molar-refractivity contribution >= 4 is 11.6 Å². The summed E-state index contributed by atoms with van der Waals surface area (Å²) in [5.74, 6) is 1.35. The molecule has 1 heterocycles. The third-order valence-electron chi connectivity index (χ3n) is 6.47. The molecular weight excluding hydrogens is 334 g/mol. The lowest BCUT2D eigenvalue weighted by Gasteiger charge is -2.37. The molecule has 4 nitrogen and oxygen atoms in total. The second kappa shape index (κ2) is 8.33. The number of carbonyl (C=O) groups is 1. The number of benzene rings is 1. The average molecular weight is 368 g/mol. The van der Waals surface area contributed by atoms with E-state index in [9.17, 15) is 4.79 Å². The van der Waals surface area contributed by atoms with Crippen LogP contribution in [-0.4, -0.2) is 37.0 Å². The van der Waals surface area contributed by atoms with Crippen LogP contribution in [0.1, 0.15) is 58.4 Å². The molecule has 0 aromatic heterocycles. The normalized spacial score (nSPS) is 24.2. The van der Waals surface area contributed by atoms with Crippen molar-refractivity contribution in [1.82, 2.24) is 4.90 Å². The highest BCUT2D eigenvalue weighted by molar-refractivity contribution is 5.79. The molecule has 1 aliphatic carbocycles. The van der Waals surface area contributed by atoms with Crippen molar-refractivity contribution < 1.29 is 4.79 Å². The quantitative estimate of drug-likeness (QED) is 0.776. The first-order chi connectivity index (χ1) is 12.9. The van der Waals surface area contributed by atoms with Crippen molar-refractivity contribution in [2.45, 2.75) is 52.9 Å². The molecular formula is C23H33N3O. The second-order valence-corrected chi connectivity index (χ2v) is 9.24. The zero-order chi connectivity index (χ0) is 19.4. The molecule has 2 fully saturated rings. The van der Waals surface area contributed by atoms with Crippen LogP contribution in [0.4, 0.5) is 5.69 Å². The Balaban J connectivity index is 1.55. The van der Waals surface area contributed by atoms with Crippen LogP contribution in [0.25, 0.3) is 0 Å². The lowest BCUT2D eigenvalue weighted by molar-refractivity contribution is -0.137. The van der Waals surface area contributed by atoms with Crippen LogP contribution >= 0.6 is 0 Å². The summed E-state index contributed by atoms with van der Waals surface area (Å²) < 4.78 is 0. The van der Waals surface area contributed by atoms with Crippen LogP contribution in [0.15, 0.2) is 24.3 Å². The number of hydrogen-bond acceptors (Lipinski definition) is 3. The molecule has 0 unspecified atom stereocenters. The van der Waals surface area contributed by atoms with E-state index in [1.807, 2.05) is 24.3 Å². The van der Waals surface area contributed by atoms with E-state index in [0.717, 1.165) is 57.0 Å². The SMILES string of the molecule is CC(C)(C)C1CCC(C(=O)N2CCCN(c3ccc(C#N)cc3)CC2)CC1. The molecule has 2 aliphatic rings. The molecule has 0 N–H and O–H groups in total. The molecule has 4 heteroatoms. The summed E-state index contributed by atoms with van der Waals surface area (Å²) in [5, 5.41) is 8.96. The molecule has 0 spiro atoms. The minimum Gasteiger partial charge on any atom is -0.370 e. The van der Waals surface area contributed by atoms with Crippen molar-refractivity contribution in [2.24, 2.45) is 17.3 Å². The first-order valence-electron chi connectivity index (χ1n) is 10.4. The number of hydrogen-bond donors (Lipinski definition) is 0. The first kappa shape index (κ1) is 19.7. The molecule has 1 saturated carbocycles. The van der Waals surface area contributed by atoms with Crippen molar-refractivity contribution in [3.63, 3.8) is 0 Å². The number of nitriles is 1. The lowest BCUT2D eigenvalue weighted by Crippen LogP contribution is -2.41. The van der Waals surface area contributed by atoms with Crippen LogP contribution < -0.4 is 4.90 Å². The molecule has 0 bridgehead atoms. The van der Waals surface area contributed by atoms with E-state index in [4.69, 9.17) is 5.26 Å². The number of anilines is 1. The molecule has 1 saturated heterocycles. The molecule has 0 radical (unpaired) electrons. The van der Waals surface area contributed by atoms with Gasteiger partial charge in [-0.05, 0) is 67.7 Å². The van der Waals surface area contributed by atoms with Gasteiger partial charge in [0.1, 0.15) is 0 Å². The van der Waals surface area contributed by atoms with Gasteiger partial charge in [0.25, 0.3) is 0 Å². The molecule has 1 amide bonds. The topological polar surface area (TPSA) is 47.3 Å². The minimum absolute atomic E-state index is 0.227. The van der Waals surface area contributed by atoms with E-state index in [-0.39, 0.29) is 5.92 Å². The summed E-state index contributed by atoms with van der Waals surface area (Å²) in [5.41, 5.74) is 2.20. The van der Waals surface area contributed by atoms with Gasteiger partial charge in [-0.25, -0.2) is 0 Å². The maximum Gasteiger partial charge on any atom is 0.225 e. The number of carbonyl (C=O) groups excluding carboxylic acids is 1. The molecule has 1 aromatic rings. The average Bonchev–Trinajstić information content (AvgIpc) is 2.93. The zero-order valence-corrected chi connectivity index (χ0v) is 17.1. The van der Waals surface area contributed by atoms with Gasteiger partial charge in [0.05, 0.1) is 11.6 Å². The van der Waals surface area contributed by atoms with Gasteiger partial charge in [0, 0.05) is 37.8 Å². The predicted molar refractivity (Wildman–Crippen MR) is 109 cm³/mol. The molecule has 27 heavy (non-hydrogen) atoms. The monoisotopic (exact) mass is 367 g/mol. The Morgan fingerprint density at radius 2 is 1.67 bits per heavy atom. The van der Waals surface area contributed by atoms with E-state index >= 15 is 0 Å². The largest absolute Gasteiger partial charge is 0.370 e. The van der Waals surface area contributed by atoms with E-state index in [0.29, 0.717) is 16.9 Å². The Labute approximate surface area is 164 Å². The number of nitrogens with zero attached hydrogens (tertiary/aromatic N) is 3. The Morgan fingerprint density at radius 3 is 2.26 bits per heavy atom. The highest BCUT2D eigenvalue weighted by Gasteiger charge is 2.34. The van der Waals surface area contributed by atoms with Crippen LogP contribution in [0, 0.1) is 28.6 Å². The number of rotatable bonds is 2. The fourth-order valence-corrected chi connectivity index (χ4v) is 4.61. The van der Waals surface area contributed by atoms with Gasteiger partial charge in [-0.1, -0.05) is 20.8 Å². The van der Waals surface area contributed by atoms with Crippen molar-refractivity contribution in [2.75, 3.05) is 31.1 Å². The van der Waals surface area contributed by atoms with E-state index in [1.54, 1.807) is 0 Å². The molecule has 1 aliphatic heterocycles. The van der Waals surface area contributed by atoms with Crippen LogP contribution in [0.5, 0.6) is 0 Å². The molecule has 1 aromatic carbocycles. The van der Waals surface area contributed by atoms with Gasteiger partial charge in [-0.2, -0.15) is 5.26 Å². The summed E-state index contributed by atoms with van der Waals surface area (Å²) in [6.07, 6.45) is 5.48. The Bertz CT molecular complexity index is 675. The minimum atomic E-state index is 0.227. The van der Waals surface area contributed by atoms with Crippen LogP contribution in [0.2, 0.25) is 0 Å². The predicted octanol–water partition coefficient (Wildman–Crippen LogP) is 4.45. The smallest absolute Gasteiger partial charge is 0.225 e. The summed E-state index contributed by atoms with van der Waals surface area (Å²) in [6.45, 7) is 10.5. The fraction of sp³-hybridized carbons (Fsp3) is 0.652. The first-order valence-corrected chi connectivity index (χ1v) is 10.4. The van der Waals surface area contributed by atoms with Gasteiger partial charge in [-0.15, -0.1) is 0 Å². The highest BCUT2D eigenvalue weighted by atomic mass is 16.2.